The van der Waals surface area contributed by atoms with Crippen LogP contribution in [0.4, 0.5) is 0 Å². The number of hydrogen-bond acceptors (Lipinski definition) is 4. The summed E-state index contributed by atoms with van der Waals surface area (Å²) in [5, 5.41) is 4.98. The molecule has 21 heavy (non-hydrogen) atoms. The molecule has 1 aliphatic rings. The van der Waals surface area contributed by atoms with Crippen LogP contribution in [0.2, 0.25) is 0 Å². The first-order valence-corrected chi connectivity index (χ1v) is 7.62. The Morgan fingerprint density at radius 1 is 1.52 bits per heavy atom. The molecule has 6 heteroatoms. The van der Waals surface area contributed by atoms with Crippen LogP contribution in [0.25, 0.3) is 11.0 Å². The van der Waals surface area contributed by atoms with Gasteiger partial charge in [-0.25, -0.2) is 9.67 Å². The van der Waals surface area contributed by atoms with Crippen LogP contribution in [0.5, 0.6) is 0 Å². The Labute approximate surface area is 123 Å². The van der Waals surface area contributed by atoms with Gasteiger partial charge in [-0.1, -0.05) is 13.8 Å². The minimum atomic E-state index is -0.0954. The van der Waals surface area contributed by atoms with Gasteiger partial charge in [-0.05, 0) is 25.7 Å². The molecule has 1 N–H and O–H groups in total. The zero-order chi connectivity index (χ0) is 15.0. The standard InChI is InChI=1S/C15H22N4O2/c1-9(2)6-13-17-14-12(15(20)18-13)8-16-19(14)11-4-5-21-10(3)7-11/h8-11H,4-7H2,1-3H3,(H,17,18,20)/t10-,11+/m0/s1. The summed E-state index contributed by atoms with van der Waals surface area (Å²) in [5.74, 6) is 1.19. The third-order valence-electron chi connectivity index (χ3n) is 3.92. The Kier molecular flexibility index (Phi) is 3.80. The van der Waals surface area contributed by atoms with Crippen molar-refractivity contribution in [3.63, 3.8) is 0 Å². The zero-order valence-electron chi connectivity index (χ0n) is 12.8. The summed E-state index contributed by atoms with van der Waals surface area (Å²) < 4.78 is 7.50. The van der Waals surface area contributed by atoms with Gasteiger partial charge in [0.15, 0.2) is 5.65 Å². The van der Waals surface area contributed by atoms with Crippen LogP contribution in [0, 0.1) is 5.92 Å². The van der Waals surface area contributed by atoms with Crippen molar-refractivity contribution in [3.8, 4) is 0 Å². The summed E-state index contributed by atoms with van der Waals surface area (Å²) in [4.78, 5) is 19.7. The fourth-order valence-corrected chi connectivity index (χ4v) is 2.93. The van der Waals surface area contributed by atoms with Crippen molar-refractivity contribution in [2.24, 2.45) is 5.92 Å². The Balaban J connectivity index is 2.03. The number of nitrogens with one attached hydrogen (secondary N) is 1. The monoisotopic (exact) mass is 290 g/mol. The number of rotatable bonds is 3. The fourth-order valence-electron chi connectivity index (χ4n) is 2.93. The summed E-state index contributed by atoms with van der Waals surface area (Å²) in [7, 11) is 0. The number of fused-ring (bicyclic) bond motifs is 1. The van der Waals surface area contributed by atoms with E-state index < -0.39 is 0 Å². The molecule has 0 radical (unpaired) electrons. The van der Waals surface area contributed by atoms with Crippen molar-refractivity contribution in [3.05, 3.63) is 22.4 Å². The van der Waals surface area contributed by atoms with Crippen molar-refractivity contribution in [1.82, 2.24) is 19.7 Å². The van der Waals surface area contributed by atoms with Crippen LogP contribution in [-0.4, -0.2) is 32.5 Å². The maximum Gasteiger partial charge on any atom is 0.262 e. The Hall–Kier alpha value is -1.69. The second kappa shape index (κ2) is 5.60. The van der Waals surface area contributed by atoms with Crippen LogP contribution >= 0.6 is 0 Å². The Bertz CT molecular complexity index is 689. The van der Waals surface area contributed by atoms with Gasteiger partial charge in [-0.15, -0.1) is 0 Å². The van der Waals surface area contributed by atoms with Gasteiger partial charge >= 0.3 is 0 Å². The van der Waals surface area contributed by atoms with Crippen molar-refractivity contribution in [2.45, 2.75) is 52.2 Å². The molecule has 0 saturated carbocycles. The van der Waals surface area contributed by atoms with Gasteiger partial charge in [-0.2, -0.15) is 5.10 Å². The lowest BCUT2D eigenvalue weighted by Gasteiger charge is -2.27. The molecule has 2 aromatic heterocycles. The average molecular weight is 290 g/mol. The molecule has 1 fully saturated rings. The number of hydrogen-bond donors (Lipinski definition) is 1. The predicted octanol–water partition coefficient (Wildman–Crippen LogP) is 2.06. The molecule has 0 spiro atoms. The molecule has 6 nitrogen and oxygen atoms in total. The lowest BCUT2D eigenvalue weighted by Crippen LogP contribution is -2.26. The van der Waals surface area contributed by atoms with Crippen LogP contribution in [-0.2, 0) is 11.2 Å². The maximum absolute atomic E-state index is 12.2. The van der Waals surface area contributed by atoms with Gasteiger partial charge in [-0.3, -0.25) is 4.79 Å². The minimum absolute atomic E-state index is 0.0954. The number of ether oxygens (including phenoxy) is 1. The maximum atomic E-state index is 12.2. The summed E-state index contributed by atoms with van der Waals surface area (Å²) in [6, 6.07) is 0.257. The van der Waals surface area contributed by atoms with E-state index in [0.717, 1.165) is 31.7 Å². The largest absolute Gasteiger partial charge is 0.378 e. The minimum Gasteiger partial charge on any atom is -0.378 e. The van der Waals surface area contributed by atoms with E-state index in [1.165, 1.54) is 0 Å². The highest BCUT2D eigenvalue weighted by atomic mass is 16.5. The van der Waals surface area contributed by atoms with Gasteiger partial charge in [0, 0.05) is 13.0 Å². The van der Waals surface area contributed by atoms with E-state index in [0.29, 0.717) is 17.0 Å². The van der Waals surface area contributed by atoms with E-state index in [2.05, 4.69) is 35.8 Å². The molecule has 1 aliphatic heterocycles. The SMILES string of the molecule is CC(C)Cc1nc2c(cnn2[C@@H]2CCO[C@@H](C)C2)c(=O)[nH]1. The first kappa shape index (κ1) is 14.3. The molecule has 0 aliphatic carbocycles. The van der Waals surface area contributed by atoms with Crippen LogP contribution in [0.15, 0.2) is 11.0 Å². The first-order chi connectivity index (χ1) is 10.0. The second-order valence-electron chi connectivity index (χ2n) is 6.30. The number of H-pyrrole nitrogens is 1. The van der Waals surface area contributed by atoms with Crippen LogP contribution < -0.4 is 5.56 Å². The van der Waals surface area contributed by atoms with Crippen LogP contribution in [0.3, 0.4) is 0 Å². The van der Waals surface area contributed by atoms with Crippen molar-refractivity contribution >= 4 is 11.0 Å². The molecule has 0 amide bonds. The summed E-state index contributed by atoms with van der Waals surface area (Å²) in [6.45, 7) is 7.03. The molecule has 1 saturated heterocycles. The molecule has 0 bridgehead atoms. The molecule has 3 heterocycles. The van der Waals surface area contributed by atoms with E-state index in [1.54, 1.807) is 6.20 Å². The summed E-state index contributed by atoms with van der Waals surface area (Å²) in [5.41, 5.74) is 0.607. The third-order valence-corrected chi connectivity index (χ3v) is 3.92. The molecule has 3 rings (SSSR count). The molecule has 2 aromatic rings. The number of aromatic amines is 1. The highest BCUT2D eigenvalue weighted by Crippen LogP contribution is 2.26. The molecule has 0 unspecified atom stereocenters. The average Bonchev–Trinajstić information content (AvgIpc) is 2.82. The number of nitrogens with zero attached hydrogens (tertiary/aromatic N) is 3. The topological polar surface area (TPSA) is 72.8 Å². The number of aromatic nitrogens is 4. The third kappa shape index (κ3) is 2.85. The van der Waals surface area contributed by atoms with Gasteiger partial charge < -0.3 is 9.72 Å². The first-order valence-electron chi connectivity index (χ1n) is 7.62. The molecular formula is C15H22N4O2. The van der Waals surface area contributed by atoms with Gasteiger partial charge in [0.05, 0.1) is 18.3 Å². The Morgan fingerprint density at radius 3 is 3.05 bits per heavy atom. The predicted molar refractivity (Wildman–Crippen MR) is 80.4 cm³/mol. The quantitative estimate of drug-likeness (QED) is 0.939. The van der Waals surface area contributed by atoms with Crippen molar-refractivity contribution in [2.75, 3.05) is 6.61 Å². The molecule has 0 aromatic carbocycles. The van der Waals surface area contributed by atoms with E-state index >= 15 is 0 Å². The Morgan fingerprint density at radius 2 is 2.33 bits per heavy atom. The smallest absolute Gasteiger partial charge is 0.262 e. The normalized spacial score (nSPS) is 23.0. The fraction of sp³-hybridized carbons (Fsp3) is 0.667. The lowest BCUT2D eigenvalue weighted by molar-refractivity contribution is 0.00431. The van der Waals surface area contributed by atoms with E-state index in [9.17, 15) is 4.79 Å². The molecular weight excluding hydrogens is 268 g/mol. The van der Waals surface area contributed by atoms with Crippen molar-refractivity contribution in [1.29, 1.82) is 0 Å². The van der Waals surface area contributed by atoms with Gasteiger partial charge in [0.2, 0.25) is 0 Å². The van der Waals surface area contributed by atoms with E-state index in [-0.39, 0.29) is 17.7 Å². The second-order valence-corrected chi connectivity index (χ2v) is 6.30. The molecule has 2 atom stereocenters. The lowest BCUT2D eigenvalue weighted by atomic mass is 10.0. The summed E-state index contributed by atoms with van der Waals surface area (Å²) >= 11 is 0. The van der Waals surface area contributed by atoms with Crippen molar-refractivity contribution < 1.29 is 4.74 Å². The van der Waals surface area contributed by atoms with E-state index in [1.807, 2.05) is 4.68 Å². The van der Waals surface area contributed by atoms with E-state index in [4.69, 9.17) is 4.74 Å². The highest BCUT2D eigenvalue weighted by molar-refractivity contribution is 5.73. The van der Waals surface area contributed by atoms with Gasteiger partial charge in [0.1, 0.15) is 11.2 Å². The highest BCUT2D eigenvalue weighted by Gasteiger charge is 2.24. The summed E-state index contributed by atoms with van der Waals surface area (Å²) in [6.07, 6.45) is 4.43. The zero-order valence-corrected chi connectivity index (χ0v) is 12.8. The van der Waals surface area contributed by atoms with Crippen LogP contribution in [0.1, 0.15) is 45.5 Å². The molecule has 114 valence electrons. The van der Waals surface area contributed by atoms with Gasteiger partial charge in [0.25, 0.3) is 5.56 Å².